The Balaban J connectivity index is 1.69. The van der Waals surface area contributed by atoms with Crippen LogP contribution in [0.1, 0.15) is 4.88 Å². The first-order valence-electron chi connectivity index (χ1n) is 5.68. The largest absolute Gasteiger partial charge is 0.491 e. The summed E-state index contributed by atoms with van der Waals surface area (Å²) in [6.07, 6.45) is 0. The molecule has 0 spiro atoms. The second-order valence-corrected chi connectivity index (χ2v) is 6.01. The van der Waals surface area contributed by atoms with E-state index >= 15 is 0 Å². The maximum atomic E-state index is 12.8. The summed E-state index contributed by atoms with van der Waals surface area (Å²) in [6, 6.07) is 7.94. The van der Waals surface area contributed by atoms with Gasteiger partial charge in [-0.15, -0.1) is 11.3 Å². The number of hydrogen-bond acceptors (Lipinski definition) is 3. The van der Waals surface area contributed by atoms with Crippen LogP contribution >= 0.6 is 34.5 Å². The minimum Gasteiger partial charge on any atom is -0.491 e. The molecule has 1 N–H and O–H groups in total. The molecule has 2 nitrogen and oxygen atoms in total. The van der Waals surface area contributed by atoms with E-state index in [1.54, 1.807) is 11.3 Å². The monoisotopic (exact) mass is 319 g/mol. The predicted molar refractivity (Wildman–Crippen MR) is 77.9 cm³/mol. The molecule has 0 fully saturated rings. The fraction of sp³-hybridized carbons (Fsp3) is 0.231. The van der Waals surface area contributed by atoms with Crippen LogP contribution in [0.5, 0.6) is 5.75 Å². The van der Waals surface area contributed by atoms with E-state index in [0.717, 1.165) is 10.9 Å². The average molecular weight is 320 g/mol. The summed E-state index contributed by atoms with van der Waals surface area (Å²) in [5.41, 5.74) is 0. The molecular weight excluding hydrogens is 308 g/mol. The average Bonchev–Trinajstić information content (AvgIpc) is 2.77. The molecule has 2 aromatic rings. The summed E-state index contributed by atoms with van der Waals surface area (Å²) in [5, 5.41) is 3.51. The number of benzene rings is 1. The van der Waals surface area contributed by atoms with Crippen LogP contribution < -0.4 is 10.1 Å². The Hall–Kier alpha value is -0.810. The lowest BCUT2D eigenvalue weighted by Crippen LogP contribution is -2.20. The molecule has 1 aromatic heterocycles. The summed E-state index contributed by atoms with van der Waals surface area (Å²) < 4.78 is 19.1. The van der Waals surface area contributed by atoms with E-state index in [-0.39, 0.29) is 10.8 Å². The quantitative estimate of drug-likeness (QED) is 0.799. The van der Waals surface area contributed by atoms with E-state index in [4.69, 9.17) is 27.9 Å². The van der Waals surface area contributed by atoms with Crippen LogP contribution in [0.15, 0.2) is 30.3 Å². The summed E-state index contributed by atoms with van der Waals surface area (Å²) in [4.78, 5) is 1.17. The molecule has 0 saturated carbocycles. The maximum absolute atomic E-state index is 12.8. The lowest BCUT2D eigenvalue weighted by Gasteiger charge is -2.08. The van der Waals surface area contributed by atoms with Crippen molar-refractivity contribution in [2.45, 2.75) is 6.54 Å². The van der Waals surface area contributed by atoms with E-state index in [2.05, 4.69) is 5.32 Å². The van der Waals surface area contributed by atoms with E-state index < -0.39 is 0 Å². The molecule has 0 saturated heterocycles. The Labute approximate surface area is 125 Å². The van der Waals surface area contributed by atoms with E-state index in [9.17, 15) is 4.39 Å². The van der Waals surface area contributed by atoms with Gasteiger partial charge in [0.1, 0.15) is 18.2 Å². The van der Waals surface area contributed by atoms with Crippen molar-refractivity contribution in [3.05, 3.63) is 50.4 Å². The van der Waals surface area contributed by atoms with E-state index in [1.807, 2.05) is 12.1 Å². The Morgan fingerprint density at radius 2 is 2.05 bits per heavy atom. The predicted octanol–water partition coefficient (Wildman–Crippen LogP) is 4.36. The van der Waals surface area contributed by atoms with Gasteiger partial charge in [-0.1, -0.05) is 23.2 Å². The molecule has 0 aliphatic rings. The van der Waals surface area contributed by atoms with E-state index in [0.29, 0.717) is 18.9 Å². The zero-order chi connectivity index (χ0) is 13.7. The first kappa shape index (κ1) is 14.6. The van der Waals surface area contributed by atoms with Gasteiger partial charge >= 0.3 is 0 Å². The Bertz CT molecular complexity index is 547. The SMILES string of the molecule is Fc1ccc(OCCNCc2ccc(Cl)s2)c(Cl)c1. The van der Waals surface area contributed by atoms with Crippen LogP contribution in [0, 0.1) is 5.82 Å². The van der Waals surface area contributed by atoms with Crippen molar-refractivity contribution in [3.63, 3.8) is 0 Å². The molecule has 0 aliphatic carbocycles. The van der Waals surface area contributed by atoms with Crippen LogP contribution in [0.25, 0.3) is 0 Å². The van der Waals surface area contributed by atoms with Gasteiger partial charge in [-0.2, -0.15) is 0 Å². The molecule has 0 radical (unpaired) electrons. The fourth-order valence-corrected chi connectivity index (χ4v) is 2.76. The molecule has 0 atom stereocenters. The van der Waals surface area contributed by atoms with Crippen molar-refractivity contribution in [2.75, 3.05) is 13.2 Å². The van der Waals surface area contributed by atoms with E-state index in [1.165, 1.54) is 23.1 Å². The van der Waals surface area contributed by atoms with Crippen LogP contribution in [0.4, 0.5) is 4.39 Å². The third-order valence-corrected chi connectivity index (χ3v) is 3.88. The van der Waals surface area contributed by atoms with Crippen LogP contribution in [0.3, 0.4) is 0 Å². The first-order chi connectivity index (χ1) is 9.15. The van der Waals surface area contributed by atoms with Gasteiger partial charge in [0.25, 0.3) is 0 Å². The van der Waals surface area contributed by atoms with Crippen molar-refractivity contribution in [2.24, 2.45) is 0 Å². The van der Waals surface area contributed by atoms with Gasteiger partial charge in [0.2, 0.25) is 0 Å². The van der Waals surface area contributed by atoms with Gasteiger partial charge in [-0.25, -0.2) is 4.39 Å². The lowest BCUT2D eigenvalue weighted by molar-refractivity contribution is 0.313. The minimum atomic E-state index is -0.370. The highest BCUT2D eigenvalue weighted by atomic mass is 35.5. The van der Waals surface area contributed by atoms with Gasteiger partial charge in [-0.05, 0) is 30.3 Å². The normalized spacial score (nSPS) is 10.7. The van der Waals surface area contributed by atoms with Gasteiger partial charge in [0, 0.05) is 18.0 Å². The number of ether oxygens (including phenoxy) is 1. The van der Waals surface area contributed by atoms with Crippen molar-refractivity contribution in [3.8, 4) is 5.75 Å². The molecule has 1 aromatic carbocycles. The molecular formula is C13H12Cl2FNOS. The smallest absolute Gasteiger partial charge is 0.138 e. The summed E-state index contributed by atoms with van der Waals surface area (Å²) in [5.74, 6) is 0.120. The van der Waals surface area contributed by atoms with Crippen LogP contribution in [-0.4, -0.2) is 13.2 Å². The lowest BCUT2D eigenvalue weighted by atomic mass is 10.3. The molecule has 0 bridgehead atoms. The van der Waals surface area contributed by atoms with Gasteiger partial charge in [0.15, 0.2) is 0 Å². The first-order valence-corrected chi connectivity index (χ1v) is 7.25. The molecule has 19 heavy (non-hydrogen) atoms. The number of rotatable bonds is 6. The maximum Gasteiger partial charge on any atom is 0.138 e. The Morgan fingerprint density at radius 1 is 1.21 bits per heavy atom. The number of halogens is 3. The second-order valence-electron chi connectivity index (χ2n) is 3.81. The van der Waals surface area contributed by atoms with Crippen LogP contribution in [0.2, 0.25) is 9.36 Å². The third kappa shape index (κ3) is 4.66. The number of nitrogens with one attached hydrogen (secondary N) is 1. The molecule has 2 rings (SSSR count). The van der Waals surface area contributed by atoms with Crippen LogP contribution in [-0.2, 0) is 6.54 Å². The summed E-state index contributed by atoms with van der Waals surface area (Å²) >= 11 is 13.2. The molecule has 1 heterocycles. The highest BCUT2D eigenvalue weighted by molar-refractivity contribution is 7.16. The highest BCUT2D eigenvalue weighted by Crippen LogP contribution is 2.24. The third-order valence-electron chi connectivity index (χ3n) is 2.36. The summed E-state index contributed by atoms with van der Waals surface area (Å²) in [7, 11) is 0. The van der Waals surface area contributed by atoms with Crippen molar-refractivity contribution < 1.29 is 9.13 Å². The highest BCUT2D eigenvalue weighted by Gasteiger charge is 2.02. The zero-order valence-corrected chi connectivity index (χ0v) is 12.3. The van der Waals surface area contributed by atoms with Gasteiger partial charge in [-0.3, -0.25) is 0 Å². The molecule has 102 valence electrons. The Kier molecular flexibility index (Phi) is 5.45. The number of hydrogen-bond donors (Lipinski definition) is 1. The number of thiophene rings is 1. The fourth-order valence-electron chi connectivity index (χ4n) is 1.48. The molecule has 0 aliphatic heterocycles. The Morgan fingerprint density at radius 3 is 2.74 bits per heavy atom. The molecule has 6 heteroatoms. The van der Waals surface area contributed by atoms with Crippen molar-refractivity contribution >= 4 is 34.5 Å². The van der Waals surface area contributed by atoms with Gasteiger partial charge in [0.05, 0.1) is 9.36 Å². The standard InChI is InChI=1S/C13H12Cl2FNOS/c14-11-7-9(16)1-3-12(11)18-6-5-17-8-10-2-4-13(15)19-10/h1-4,7,17H,5-6,8H2. The van der Waals surface area contributed by atoms with Crippen molar-refractivity contribution in [1.82, 2.24) is 5.32 Å². The molecule has 0 unspecified atom stereocenters. The van der Waals surface area contributed by atoms with Gasteiger partial charge < -0.3 is 10.1 Å². The summed E-state index contributed by atoms with van der Waals surface area (Å²) in [6.45, 7) is 1.88. The zero-order valence-electron chi connectivity index (χ0n) is 9.96. The topological polar surface area (TPSA) is 21.3 Å². The van der Waals surface area contributed by atoms with Crippen molar-refractivity contribution in [1.29, 1.82) is 0 Å². The minimum absolute atomic E-state index is 0.282. The second kappa shape index (κ2) is 7.10. The molecule has 0 amide bonds.